The molecule has 1 amide bonds. The Morgan fingerprint density at radius 1 is 1.09 bits per heavy atom. The Morgan fingerprint density at radius 3 is 2.51 bits per heavy atom. The number of carbonyl (C=O) groups is 1. The largest absolute Gasteiger partial charge is 0.497 e. The van der Waals surface area contributed by atoms with Crippen molar-refractivity contribution in [2.24, 2.45) is 0 Å². The molecular weight excluding hydrogens is 463 g/mol. The van der Waals surface area contributed by atoms with Crippen LogP contribution in [0, 0.1) is 5.82 Å². The summed E-state index contributed by atoms with van der Waals surface area (Å²) in [4.78, 5) is 12.3. The average Bonchev–Trinajstić information content (AvgIpc) is 3.32. The van der Waals surface area contributed by atoms with Gasteiger partial charge < -0.3 is 10.1 Å². The zero-order valence-corrected chi connectivity index (χ0v) is 20.7. The number of hydrogen-bond donors (Lipinski definition) is 1. The molecule has 1 aromatic heterocycles. The van der Waals surface area contributed by atoms with E-state index >= 15 is 0 Å². The van der Waals surface area contributed by atoms with Crippen LogP contribution >= 0.6 is 11.8 Å². The summed E-state index contributed by atoms with van der Waals surface area (Å²) in [6, 6.07) is 21.5. The van der Waals surface area contributed by atoms with Crippen LogP contribution in [0.2, 0.25) is 0 Å². The highest BCUT2D eigenvalue weighted by atomic mass is 32.2. The third-order valence-corrected chi connectivity index (χ3v) is 6.62. The van der Waals surface area contributed by atoms with Crippen molar-refractivity contribution >= 4 is 17.7 Å². The molecule has 0 saturated carbocycles. The molecule has 4 rings (SSSR count). The lowest BCUT2D eigenvalue weighted by Gasteiger charge is -2.12. The van der Waals surface area contributed by atoms with Crippen molar-refractivity contribution in [3.8, 4) is 22.8 Å². The molecule has 0 unspecified atom stereocenters. The zero-order valence-electron chi connectivity index (χ0n) is 19.9. The van der Waals surface area contributed by atoms with Gasteiger partial charge in [-0.1, -0.05) is 43.0 Å². The number of amides is 1. The fraction of sp³-hybridized carbons (Fsp3) is 0.222. The van der Waals surface area contributed by atoms with Gasteiger partial charge in [-0.15, -0.1) is 10.2 Å². The van der Waals surface area contributed by atoms with Gasteiger partial charge in [-0.25, -0.2) is 4.39 Å². The second-order valence-corrected chi connectivity index (χ2v) is 9.06. The number of rotatable bonds is 9. The van der Waals surface area contributed by atoms with Crippen LogP contribution in [0.5, 0.6) is 5.75 Å². The summed E-state index contributed by atoms with van der Waals surface area (Å²) in [6.45, 7) is 4.02. The molecule has 0 aliphatic heterocycles. The van der Waals surface area contributed by atoms with E-state index < -0.39 is 0 Å². The molecule has 8 heteroatoms. The Bertz CT molecular complexity index is 1290. The highest BCUT2D eigenvalue weighted by molar-refractivity contribution is 7.98. The number of ether oxygens (including phenoxy) is 1. The van der Waals surface area contributed by atoms with Crippen LogP contribution < -0.4 is 10.1 Å². The van der Waals surface area contributed by atoms with Gasteiger partial charge in [0.1, 0.15) is 11.6 Å². The molecule has 35 heavy (non-hydrogen) atoms. The highest BCUT2D eigenvalue weighted by Crippen LogP contribution is 2.31. The fourth-order valence-corrected chi connectivity index (χ4v) is 4.35. The molecule has 1 atom stereocenters. The predicted molar refractivity (Wildman–Crippen MR) is 137 cm³/mol. The van der Waals surface area contributed by atoms with E-state index in [-0.39, 0.29) is 17.8 Å². The first-order valence-electron chi connectivity index (χ1n) is 11.4. The van der Waals surface area contributed by atoms with E-state index in [0.29, 0.717) is 28.0 Å². The lowest BCUT2D eigenvalue weighted by molar-refractivity contribution is 0.0939. The molecule has 4 aromatic rings. The van der Waals surface area contributed by atoms with Crippen molar-refractivity contribution < 1.29 is 13.9 Å². The molecule has 0 bridgehead atoms. The molecule has 180 valence electrons. The number of carbonyl (C=O) groups excluding carboxylic acids is 1. The van der Waals surface area contributed by atoms with E-state index in [9.17, 15) is 9.18 Å². The smallest absolute Gasteiger partial charge is 0.251 e. The summed E-state index contributed by atoms with van der Waals surface area (Å²) < 4.78 is 20.9. The zero-order chi connectivity index (χ0) is 24.8. The number of halogens is 1. The van der Waals surface area contributed by atoms with Gasteiger partial charge in [0.25, 0.3) is 5.91 Å². The fourth-order valence-electron chi connectivity index (χ4n) is 3.44. The summed E-state index contributed by atoms with van der Waals surface area (Å²) in [5.74, 6) is 1.59. The standard InChI is InChI=1S/C27H27FN4O2S/c1-4-18(2)29-26(33)20-10-8-19(9-11-20)17-35-27-31-30-25(21-6-5-7-24(16-21)34-3)32(27)23-14-12-22(28)13-15-23/h5-16,18H,4,17H2,1-3H3,(H,29,33)/t18-/m0/s1. The lowest BCUT2D eigenvalue weighted by atomic mass is 10.1. The number of hydrogen-bond acceptors (Lipinski definition) is 5. The third-order valence-electron chi connectivity index (χ3n) is 5.62. The van der Waals surface area contributed by atoms with Crippen molar-refractivity contribution in [2.75, 3.05) is 7.11 Å². The van der Waals surface area contributed by atoms with Gasteiger partial charge in [0, 0.05) is 28.6 Å². The van der Waals surface area contributed by atoms with Crippen LogP contribution in [0.3, 0.4) is 0 Å². The molecule has 1 heterocycles. The second-order valence-electron chi connectivity index (χ2n) is 8.12. The second kappa shape index (κ2) is 11.2. The molecular formula is C27H27FN4O2S. The maximum Gasteiger partial charge on any atom is 0.251 e. The maximum absolute atomic E-state index is 13.6. The molecule has 3 aromatic carbocycles. The number of thioether (sulfide) groups is 1. The van der Waals surface area contributed by atoms with E-state index in [4.69, 9.17) is 4.74 Å². The lowest BCUT2D eigenvalue weighted by Crippen LogP contribution is -2.31. The predicted octanol–water partition coefficient (Wildman–Crippen LogP) is 5.90. The Labute approximate surface area is 208 Å². The van der Waals surface area contributed by atoms with Crippen molar-refractivity contribution in [2.45, 2.75) is 37.2 Å². The van der Waals surface area contributed by atoms with E-state index in [0.717, 1.165) is 23.2 Å². The normalized spacial score (nSPS) is 11.8. The molecule has 0 fully saturated rings. The first kappa shape index (κ1) is 24.5. The average molecular weight is 491 g/mol. The number of benzene rings is 3. The minimum Gasteiger partial charge on any atom is -0.497 e. The molecule has 1 N–H and O–H groups in total. The SMILES string of the molecule is CC[C@H](C)NC(=O)c1ccc(CSc2nnc(-c3cccc(OC)c3)n2-c2ccc(F)cc2)cc1. The van der Waals surface area contributed by atoms with Gasteiger partial charge in [-0.3, -0.25) is 9.36 Å². The van der Waals surface area contributed by atoms with Crippen molar-refractivity contribution in [3.63, 3.8) is 0 Å². The van der Waals surface area contributed by atoms with Gasteiger partial charge >= 0.3 is 0 Å². The molecule has 0 aliphatic rings. The molecule has 0 spiro atoms. The van der Waals surface area contributed by atoms with E-state index in [1.54, 1.807) is 19.2 Å². The number of nitrogens with one attached hydrogen (secondary N) is 1. The summed E-state index contributed by atoms with van der Waals surface area (Å²) in [6.07, 6.45) is 0.882. The van der Waals surface area contributed by atoms with Crippen LogP contribution in [0.4, 0.5) is 4.39 Å². The van der Waals surface area contributed by atoms with Crippen molar-refractivity contribution in [3.05, 3.63) is 89.7 Å². The Morgan fingerprint density at radius 2 is 1.83 bits per heavy atom. The van der Waals surface area contributed by atoms with E-state index in [2.05, 4.69) is 15.5 Å². The molecule has 6 nitrogen and oxygen atoms in total. The number of aromatic nitrogens is 3. The van der Waals surface area contributed by atoms with Crippen molar-refractivity contribution in [1.82, 2.24) is 20.1 Å². The van der Waals surface area contributed by atoms with Crippen molar-refractivity contribution in [1.29, 1.82) is 0 Å². The quantitative estimate of drug-likeness (QED) is 0.296. The van der Waals surface area contributed by atoms with Crippen LogP contribution in [0.1, 0.15) is 36.2 Å². The highest BCUT2D eigenvalue weighted by Gasteiger charge is 2.17. The van der Waals surface area contributed by atoms with Gasteiger partial charge in [0.15, 0.2) is 11.0 Å². The Kier molecular flexibility index (Phi) is 7.82. The van der Waals surface area contributed by atoms with E-state index in [1.165, 1.54) is 23.9 Å². The van der Waals surface area contributed by atoms with Gasteiger partial charge in [0.2, 0.25) is 0 Å². The summed E-state index contributed by atoms with van der Waals surface area (Å²) in [5, 5.41) is 12.5. The molecule has 0 saturated heterocycles. The van der Waals surface area contributed by atoms with Crippen LogP contribution in [0.25, 0.3) is 17.1 Å². The third kappa shape index (κ3) is 5.89. The first-order valence-corrected chi connectivity index (χ1v) is 12.4. The molecule has 0 radical (unpaired) electrons. The minimum absolute atomic E-state index is 0.0717. The topological polar surface area (TPSA) is 69.0 Å². The van der Waals surface area contributed by atoms with Crippen LogP contribution in [0.15, 0.2) is 78.0 Å². The summed E-state index contributed by atoms with van der Waals surface area (Å²) >= 11 is 1.52. The van der Waals surface area contributed by atoms with Gasteiger partial charge in [-0.05, 0) is 67.4 Å². The number of nitrogens with zero attached hydrogens (tertiary/aromatic N) is 3. The monoisotopic (exact) mass is 490 g/mol. The Balaban J connectivity index is 1.58. The Hall–Kier alpha value is -3.65. The van der Waals surface area contributed by atoms with Crippen LogP contribution in [-0.2, 0) is 5.75 Å². The summed E-state index contributed by atoms with van der Waals surface area (Å²) in [7, 11) is 1.62. The first-order chi connectivity index (χ1) is 17.0. The number of methoxy groups -OCH3 is 1. The molecule has 0 aliphatic carbocycles. The van der Waals surface area contributed by atoms with Gasteiger partial charge in [0.05, 0.1) is 7.11 Å². The summed E-state index contributed by atoms with van der Waals surface area (Å²) in [5.41, 5.74) is 3.28. The van der Waals surface area contributed by atoms with E-state index in [1.807, 2.05) is 66.9 Å². The van der Waals surface area contributed by atoms with Crippen LogP contribution in [-0.4, -0.2) is 33.8 Å². The van der Waals surface area contributed by atoms with Gasteiger partial charge in [-0.2, -0.15) is 0 Å². The minimum atomic E-state index is -0.309. The maximum atomic E-state index is 13.6.